The summed E-state index contributed by atoms with van der Waals surface area (Å²) >= 11 is 1.84. The van der Waals surface area contributed by atoms with Gasteiger partial charge in [0.15, 0.2) is 7.14 Å². The Balaban J connectivity index is 1.19. The van der Waals surface area contributed by atoms with Crippen LogP contribution in [0.3, 0.4) is 0 Å². The van der Waals surface area contributed by atoms with Gasteiger partial charge in [-0.2, -0.15) is 0 Å². The largest absolute Gasteiger partial charge is 0.456 e. The number of rotatable bonds is 2. The van der Waals surface area contributed by atoms with Gasteiger partial charge in [0.2, 0.25) is 0 Å². The number of para-hydroxylation sites is 1. The summed E-state index contributed by atoms with van der Waals surface area (Å²) in [6.45, 7) is 0. The second-order valence-corrected chi connectivity index (χ2v) is 14.1. The molecular weight excluding hydrogens is 543 g/mol. The fraction of sp³-hybridized carbons (Fsp3) is 0. The summed E-state index contributed by atoms with van der Waals surface area (Å²) in [7, 11) is -3.17. The Labute approximate surface area is 240 Å². The molecule has 9 rings (SSSR count). The Morgan fingerprint density at radius 1 is 0.512 bits per heavy atom. The normalized spacial score (nSPS) is 16.4. The van der Waals surface area contributed by atoms with Crippen molar-refractivity contribution < 1.29 is 14.0 Å². The molecule has 2 aliphatic rings. The molecule has 1 aromatic heterocycles. The minimum atomic E-state index is -3.17. The fourth-order valence-electron chi connectivity index (χ4n) is 6.26. The lowest BCUT2D eigenvalue weighted by atomic mass is 9.98. The number of benzene rings is 6. The third-order valence-corrected chi connectivity index (χ3v) is 12.5. The van der Waals surface area contributed by atoms with Crippen molar-refractivity contribution in [2.75, 3.05) is 0 Å². The van der Waals surface area contributed by atoms with Gasteiger partial charge >= 0.3 is 0 Å². The number of thiophene rings is 1. The van der Waals surface area contributed by atoms with Crippen LogP contribution in [0.1, 0.15) is 0 Å². The van der Waals surface area contributed by atoms with Gasteiger partial charge in [-0.1, -0.05) is 78.9 Å². The Bertz CT molecular complexity index is 2260. The van der Waals surface area contributed by atoms with Crippen LogP contribution >= 0.6 is 18.5 Å². The number of fused-ring (bicyclic) bond motifs is 7. The molecule has 0 amide bonds. The number of ether oxygens (including phenoxy) is 2. The van der Waals surface area contributed by atoms with Crippen molar-refractivity contribution in [2.45, 2.75) is 0 Å². The molecule has 6 aromatic carbocycles. The number of hydrogen-bond donors (Lipinski definition) is 0. The van der Waals surface area contributed by atoms with Crippen molar-refractivity contribution in [2.24, 2.45) is 0 Å². The van der Waals surface area contributed by atoms with Crippen LogP contribution in [0.25, 0.3) is 42.4 Å². The van der Waals surface area contributed by atoms with Crippen molar-refractivity contribution in [1.82, 2.24) is 0 Å². The van der Waals surface area contributed by atoms with E-state index in [2.05, 4.69) is 72.8 Å². The lowest BCUT2D eigenvalue weighted by Crippen LogP contribution is -2.34. The summed E-state index contributed by atoms with van der Waals surface area (Å²) in [5.74, 6) is 2.46. The van der Waals surface area contributed by atoms with Crippen molar-refractivity contribution in [3.8, 4) is 45.3 Å². The molecule has 0 saturated heterocycles. The fourth-order valence-corrected chi connectivity index (χ4v) is 10.5. The maximum atomic E-state index is 15.1. The topological polar surface area (TPSA) is 35.5 Å². The van der Waals surface area contributed by atoms with Gasteiger partial charge in [0, 0.05) is 20.2 Å². The molecule has 0 spiro atoms. The second kappa shape index (κ2) is 8.44. The zero-order valence-electron chi connectivity index (χ0n) is 21.7. The van der Waals surface area contributed by atoms with E-state index in [-0.39, 0.29) is 0 Å². The minimum absolute atomic E-state index is 0.593. The van der Waals surface area contributed by atoms with Crippen molar-refractivity contribution in [3.05, 3.63) is 127 Å². The molecule has 2 aliphatic heterocycles. The van der Waals surface area contributed by atoms with Gasteiger partial charge in [0.25, 0.3) is 0 Å². The zero-order valence-corrected chi connectivity index (χ0v) is 23.4. The average molecular weight is 565 g/mol. The molecule has 3 heterocycles. The molecule has 5 heteroatoms. The Morgan fingerprint density at radius 2 is 1.17 bits per heavy atom. The lowest BCUT2D eigenvalue weighted by Gasteiger charge is -2.34. The van der Waals surface area contributed by atoms with Crippen LogP contribution in [0.5, 0.6) is 23.0 Å². The smallest absolute Gasteiger partial charge is 0.185 e. The van der Waals surface area contributed by atoms with Gasteiger partial charge in [0.1, 0.15) is 28.3 Å². The Hall–Kier alpha value is -4.63. The van der Waals surface area contributed by atoms with E-state index >= 15 is 4.57 Å². The molecule has 0 fully saturated rings. The van der Waals surface area contributed by atoms with E-state index in [1.54, 1.807) is 0 Å². The van der Waals surface area contributed by atoms with E-state index in [1.165, 1.54) is 31.3 Å². The van der Waals surface area contributed by atoms with Gasteiger partial charge in [-0.15, -0.1) is 11.3 Å². The second-order valence-electron chi connectivity index (χ2n) is 10.4. The summed E-state index contributed by atoms with van der Waals surface area (Å²) in [5.41, 5.74) is 4.49. The lowest BCUT2D eigenvalue weighted by molar-refractivity contribution is 0.462. The maximum absolute atomic E-state index is 15.1. The van der Waals surface area contributed by atoms with E-state index in [1.807, 2.05) is 65.9 Å². The summed E-state index contributed by atoms with van der Waals surface area (Å²) < 4.78 is 30.2. The van der Waals surface area contributed by atoms with Crippen LogP contribution in [0.15, 0.2) is 127 Å². The molecule has 194 valence electrons. The predicted molar refractivity (Wildman–Crippen MR) is 170 cm³/mol. The summed E-state index contributed by atoms with van der Waals surface area (Å²) in [4.78, 5) is 0. The quantitative estimate of drug-likeness (QED) is 0.196. The zero-order chi connectivity index (χ0) is 27.1. The van der Waals surface area contributed by atoms with Gasteiger partial charge in [-0.25, -0.2) is 0 Å². The summed E-state index contributed by atoms with van der Waals surface area (Å²) in [5, 5.41) is 4.66. The van der Waals surface area contributed by atoms with Crippen LogP contribution < -0.4 is 25.4 Å². The van der Waals surface area contributed by atoms with E-state index < -0.39 is 7.14 Å². The molecule has 3 nitrogen and oxygen atoms in total. The van der Waals surface area contributed by atoms with Crippen molar-refractivity contribution in [3.63, 3.8) is 0 Å². The van der Waals surface area contributed by atoms with E-state index in [0.717, 1.165) is 16.4 Å². The highest BCUT2D eigenvalue weighted by Gasteiger charge is 2.46. The summed E-state index contributed by atoms with van der Waals surface area (Å²) in [6.07, 6.45) is 0. The van der Waals surface area contributed by atoms with Gasteiger partial charge in [0.05, 0.1) is 10.6 Å². The highest BCUT2D eigenvalue weighted by Crippen LogP contribution is 2.58. The third kappa shape index (κ3) is 3.23. The van der Waals surface area contributed by atoms with E-state index in [9.17, 15) is 0 Å². The first-order valence-corrected chi connectivity index (χ1v) is 16.1. The van der Waals surface area contributed by atoms with E-state index in [4.69, 9.17) is 9.47 Å². The molecule has 7 aromatic rings. The first-order chi connectivity index (χ1) is 20.2. The maximum Gasteiger partial charge on any atom is 0.185 e. The predicted octanol–water partition coefficient (Wildman–Crippen LogP) is 9.24. The van der Waals surface area contributed by atoms with Crippen LogP contribution in [-0.2, 0) is 4.57 Å². The van der Waals surface area contributed by atoms with Crippen LogP contribution in [0.4, 0.5) is 0 Å². The molecular formula is C36H21O3PS. The first kappa shape index (κ1) is 23.1. The average Bonchev–Trinajstić information content (AvgIpc) is 3.40. The van der Waals surface area contributed by atoms with Crippen LogP contribution in [0.2, 0.25) is 0 Å². The molecule has 0 aliphatic carbocycles. The third-order valence-electron chi connectivity index (χ3n) is 8.13. The molecule has 1 unspecified atom stereocenters. The SMILES string of the molecule is O=P12c3ccccc3Oc3cccc(c31)Oc1cc(-c3cccc(-c4cccc5c4sc4ccccc45)c3)ccc12. The van der Waals surface area contributed by atoms with Gasteiger partial charge < -0.3 is 14.0 Å². The van der Waals surface area contributed by atoms with Gasteiger partial charge in [-0.3, -0.25) is 0 Å². The van der Waals surface area contributed by atoms with Crippen LogP contribution in [0, 0.1) is 0 Å². The van der Waals surface area contributed by atoms with Crippen molar-refractivity contribution >= 4 is 54.6 Å². The monoisotopic (exact) mass is 564 g/mol. The van der Waals surface area contributed by atoms with Crippen molar-refractivity contribution in [1.29, 1.82) is 0 Å². The Morgan fingerprint density at radius 3 is 2.10 bits per heavy atom. The Kier molecular flexibility index (Phi) is 4.76. The molecule has 41 heavy (non-hydrogen) atoms. The molecule has 0 saturated carbocycles. The highest BCUT2D eigenvalue weighted by atomic mass is 32.1. The minimum Gasteiger partial charge on any atom is -0.456 e. The standard InChI is InChI=1S/C36H21O3PS/c37-40-32-16-3-2-13-28(32)38-29-14-7-15-30(35(29)40)39-31-21-23(18-19-33(31)40)22-8-5-9-24(20-22)25-11-6-12-27-26-10-1-4-17-34(26)41-36(25)27/h1-21H. The van der Waals surface area contributed by atoms with Gasteiger partial charge in [-0.05, 0) is 70.8 Å². The highest BCUT2D eigenvalue weighted by molar-refractivity contribution is 7.86. The number of hydrogen-bond acceptors (Lipinski definition) is 4. The molecule has 0 N–H and O–H groups in total. The molecule has 0 bridgehead atoms. The van der Waals surface area contributed by atoms with Crippen LogP contribution in [-0.4, -0.2) is 0 Å². The first-order valence-electron chi connectivity index (χ1n) is 13.5. The molecule has 0 radical (unpaired) electrons. The van der Waals surface area contributed by atoms with E-state index in [0.29, 0.717) is 33.6 Å². The summed E-state index contributed by atoms with van der Waals surface area (Å²) in [6, 6.07) is 43.1. The molecule has 1 atom stereocenters.